The molecule has 0 aliphatic rings. The van der Waals surface area contributed by atoms with E-state index in [2.05, 4.69) is 43.1 Å². The molecule has 0 aliphatic carbocycles. The van der Waals surface area contributed by atoms with Crippen molar-refractivity contribution in [1.82, 2.24) is 14.6 Å². The van der Waals surface area contributed by atoms with Crippen LogP contribution in [0.5, 0.6) is 0 Å². The first-order valence-electron chi connectivity index (χ1n) is 9.41. The Balaban J connectivity index is 1.52. The minimum Gasteiger partial charge on any atom is -0.453 e. The van der Waals surface area contributed by atoms with Crippen molar-refractivity contribution < 1.29 is 9.21 Å². The number of furan rings is 1. The minimum atomic E-state index is -0.0630. The van der Waals surface area contributed by atoms with Gasteiger partial charge < -0.3 is 4.42 Å². The Hall–Kier alpha value is -3.12. The highest BCUT2D eigenvalue weighted by Crippen LogP contribution is 2.29. The third kappa shape index (κ3) is 3.00. The first kappa shape index (κ1) is 17.9. The van der Waals surface area contributed by atoms with Crippen LogP contribution in [0.1, 0.15) is 27.2 Å². The second-order valence-electron chi connectivity index (χ2n) is 7.34. The fourth-order valence-corrected chi connectivity index (χ4v) is 4.64. The maximum Gasteiger partial charge on any atom is 0.208 e. The molecule has 6 heteroatoms. The van der Waals surface area contributed by atoms with Gasteiger partial charge in [-0.25, -0.2) is 0 Å². The number of fused-ring (bicyclic) bond motifs is 4. The molecule has 0 atom stereocenters. The van der Waals surface area contributed by atoms with Crippen LogP contribution in [0, 0.1) is 20.8 Å². The van der Waals surface area contributed by atoms with E-state index in [1.165, 1.54) is 33.8 Å². The van der Waals surface area contributed by atoms with Crippen molar-refractivity contribution in [2.24, 2.45) is 0 Å². The lowest BCUT2D eigenvalue weighted by Gasteiger charge is -2.11. The molecule has 0 radical (unpaired) electrons. The summed E-state index contributed by atoms with van der Waals surface area (Å²) in [7, 11) is 0. The molecular weight excluding hydrogens is 382 g/mol. The molecule has 0 aliphatic heterocycles. The molecule has 3 aromatic heterocycles. The average Bonchev–Trinajstić information content (AvgIpc) is 3.30. The molecule has 5 rings (SSSR count). The zero-order valence-corrected chi connectivity index (χ0v) is 17.2. The number of pyridine rings is 1. The summed E-state index contributed by atoms with van der Waals surface area (Å²) in [6, 6.07) is 15.8. The number of para-hydroxylation sites is 1. The predicted molar refractivity (Wildman–Crippen MR) is 116 cm³/mol. The normalized spacial score (nSPS) is 11.7. The number of aromatic nitrogens is 3. The van der Waals surface area contributed by atoms with Crippen LogP contribution in [0.2, 0.25) is 0 Å². The number of aryl methyl sites for hydroxylation is 3. The smallest absolute Gasteiger partial charge is 0.208 e. The highest BCUT2D eigenvalue weighted by atomic mass is 32.2. The summed E-state index contributed by atoms with van der Waals surface area (Å²) in [4.78, 5) is 12.7. The van der Waals surface area contributed by atoms with E-state index in [0.29, 0.717) is 10.9 Å². The van der Waals surface area contributed by atoms with Crippen molar-refractivity contribution in [3.63, 3.8) is 0 Å². The Morgan fingerprint density at radius 2 is 1.86 bits per heavy atom. The Kier molecular flexibility index (Phi) is 4.17. The molecule has 144 valence electrons. The zero-order chi connectivity index (χ0) is 20.1. The molecule has 0 unspecified atom stereocenters. The van der Waals surface area contributed by atoms with Crippen LogP contribution < -0.4 is 0 Å². The molecule has 0 amide bonds. The summed E-state index contributed by atoms with van der Waals surface area (Å²) >= 11 is 1.38. The number of hydrogen-bond acceptors (Lipinski definition) is 5. The standard InChI is InChI=1S/C23H19N3O2S/c1-13-8-15(3)22-17(9-13)14(2)10-21-24-25-23(26(21)22)29-12-18(27)20-11-16-6-4-5-7-19(16)28-20/h4-11H,12H2,1-3H3. The highest BCUT2D eigenvalue weighted by Gasteiger charge is 2.17. The van der Waals surface area contributed by atoms with Gasteiger partial charge in [0.15, 0.2) is 16.6 Å². The zero-order valence-electron chi connectivity index (χ0n) is 16.4. The Labute approximate surface area is 171 Å². The lowest BCUT2D eigenvalue weighted by molar-refractivity contribution is 0.0994. The van der Waals surface area contributed by atoms with Gasteiger partial charge in [0.1, 0.15) is 5.58 Å². The van der Waals surface area contributed by atoms with Crippen molar-refractivity contribution in [1.29, 1.82) is 0 Å². The topological polar surface area (TPSA) is 60.4 Å². The fourth-order valence-electron chi connectivity index (χ4n) is 3.83. The number of carbonyl (C=O) groups is 1. The van der Waals surface area contributed by atoms with E-state index in [4.69, 9.17) is 4.42 Å². The lowest BCUT2D eigenvalue weighted by atomic mass is 10.0. The molecule has 0 bridgehead atoms. The molecule has 0 spiro atoms. The summed E-state index contributed by atoms with van der Waals surface area (Å²) in [5.41, 5.74) is 6.16. The number of rotatable bonds is 4. The van der Waals surface area contributed by atoms with Gasteiger partial charge in [-0.15, -0.1) is 10.2 Å². The van der Waals surface area contributed by atoms with Crippen LogP contribution in [0.3, 0.4) is 0 Å². The molecule has 2 aromatic carbocycles. The predicted octanol–water partition coefficient (Wildman–Crippen LogP) is 5.53. The van der Waals surface area contributed by atoms with Crippen LogP contribution in [0.15, 0.2) is 58.1 Å². The number of carbonyl (C=O) groups excluding carboxylic acids is 1. The Morgan fingerprint density at radius 1 is 1.03 bits per heavy atom. The third-order valence-electron chi connectivity index (χ3n) is 5.13. The molecule has 5 aromatic rings. The molecule has 0 N–H and O–H groups in total. The number of ketones is 1. The molecule has 3 heterocycles. The van der Waals surface area contributed by atoms with Crippen molar-refractivity contribution in [3.8, 4) is 0 Å². The SMILES string of the molecule is Cc1cc(C)c2c(c1)c(C)cc1nnc(SCC(=O)c3cc4ccccc4o3)n12. The molecule has 0 fully saturated rings. The maximum absolute atomic E-state index is 12.7. The molecular formula is C23H19N3O2S. The van der Waals surface area contributed by atoms with E-state index in [1.807, 2.05) is 34.7 Å². The number of benzene rings is 2. The van der Waals surface area contributed by atoms with Gasteiger partial charge in [0.2, 0.25) is 5.78 Å². The highest BCUT2D eigenvalue weighted by molar-refractivity contribution is 7.99. The van der Waals surface area contributed by atoms with E-state index in [9.17, 15) is 4.79 Å². The van der Waals surface area contributed by atoms with Crippen LogP contribution in [-0.2, 0) is 0 Å². The van der Waals surface area contributed by atoms with Crippen molar-refractivity contribution in [2.45, 2.75) is 25.9 Å². The van der Waals surface area contributed by atoms with E-state index in [-0.39, 0.29) is 11.5 Å². The second-order valence-corrected chi connectivity index (χ2v) is 8.28. The van der Waals surface area contributed by atoms with Gasteiger partial charge in [-0.2, -0.15) is 0 Å². The van der Waals surface area contributed by atoms with Gasteiger partial charge in [-0.1, -0.05) is 41.6 Å². The molecule has 0 saturated heterocycles. The van der Waals surface area contributed by atoms with Gasteiger partial charge in [0, 0.05) is 10.8 Å². The van der Waals surface area contributed by atoms with Gasteiger partial charge in [0.25, 0.3) is 0 Å². The lowest BCUT2D eigenvalue weighted by Crippen LogP contribution is -2.02. The van der Waals surface area contributed by atoms with Crippen molar-refractivity contribution in [3.05, 3.63) is 71.0 Å². The summed E-state index contributed by atoms with van der Waals surface area (Å²) in [5.74, 6) is 0.549. The third-order valence-corrected chi connectivity index (χ3v) is 6.06. The largest absolute Gasteiger partial charge is 0.453 e. The van der Waals surface area contributed by atoms with E-state index in [0.717, 1.165) is 22.1 Å². The maximum atomic E-state index is 12.7. The summed E-state index contributed by atoms with van der Waals surface area (Å²) in [6.07, 6.45) is 0. The van der Waals surface area contributed by atoms with Crippen LogP contribution in [0.25, 0.3) is 27.5 Å². The van der Waals surface area contributed by atoms with Gasteiger partial charge in [-0.3, -0.25) is 9.20 Å². The van der Waals surface area contributed by atoms with E-state index in [1.54, 1.807) is 6.07 Å². The first-order chi connectivity index (χ1) is 14.0. The number of Topliss-reactive ketones (excluding diaryl/α,β-unsaturated/α-hetero) is 1. The van der Waals surface area contributed by atoms with Gasteiger partial charge in [-0.05, 0) is 56.2 Å². The number of thioether (sulfide) groups is 1. The minimum absolute atomic E-state index is 0.0630. The molecule has 29 heavy (non-hydrogen) atoms. The van der Waals surface area contributed by atoms with Crippen LogP contribution >= 0.6 is 11.8 Å². The van der Waals surface area contributed by atoms with Gasteiger partial charge in [0.05, 0.1) is 11.3 Å². The summed E-state index contributed by atoms with van der Waals surface area (Å²) in [6.45, 7) is 6.29. The van der Waals surface area contributed by atoms with E-state index < -0.39 is 0 Å². The molecule has 0 saturated carbocycles. The second kappa shape index (κ2) is 6.74. The number of nitrogens with zero attached hydrogens (tertiary/aromatic N) is 3. The Bertz CT molecular complexity index is 1380. The molecule has 5 nitrogen and oxygen atoms in total. The first-order valence-corrected chi connectivity index (χ1v) is 10.4. The van der Waals surface area contributed by atoms with E-state index >= 15 is 0 Å². The quantitative estimate of drug-likeness (QED) is 0.293. The fraction of sp³-hybridized carbons (Fsp3) is 0.174. The monoisotopic (exact) mass is 401 g/mol. The summed E-state index contributed by atoms with van der Waals surface area (Å²) < 4.78 is 7.75. The van der Waals surface area contributed by atoms with Gasteiger partial charge >= 0.3 is 0 Å². The van der Waals surface area contributed by atoms with Crippen molar-refractivity contribution in [2.75, 3.05) is 5.75 Å². The van der Waals surface area contributed by atoms with Crippen LogP contribution in [-0.4, -0.2) is 26.1 Å². The number of hydrogen-bond donors (Lipinski definition) is 0. The van der Waals surface area contributed by atoms with Crippen molar-refractivity contribution >= 4 is 45.1 Å². The average molecular weight is 401 g/mol. The van der Waals surface area contributed by atoms with Crippen LogP contribution in [0.4, 0.5) is 0 Å². The summed E-state index contributed by atoms with van der Waals surface area (Å²) in [5, 5.41) is 11.5. The Morgan fingerprint density at radius 3 is 2.69 bits per heavy atom.